The fourth-order valence-electron chi connectivity index (χ4n) is 1.61. The average Bonchev–Trinajstić information content (AvgIpc) is 2.33. The lowest BCUT2D eigenvalue weighted by molar-refractivity contribution is 0.0953. The molecule has 1 aromatic rings. The van der Waals surface area contributed by atoms with Crippen molar-refractivity contribution in [2.24, 2.45) is 0 Å². The summed E-state index contributed by atoms with van der Waals surface area (Å²) in [6.07, 6.45) is 5.76. The SMILES string of the molecule is C/C=C/CCNC(=O)c1cc(S(C)(=O)=O)ccc1C. The van der Waals surface area contributed by atoms with E-state index in [2.05, 4.69) is 5.32 Å². The van der Waals surface area contributed by atoms with Crippen LogP contribution in [-0.2, 0) is 9.84 Å². The van der Waals surface area contributed by atoms with Crippen LogP contribution in [-0.4, -0.2) is 27.1 Å². The summed E-state index contributed by atoms with van der Waals surface area (Å²) in [5.41, 5.74) is 1.17. The minimum Gasteiger partial charge on any atom is -0.352 e. The third-order valence-electron chi connectivity index (χ3n) is 2.71. The van der Waals surface area contributed by atoms with Crippen LogP contribution in [0.3, 0.4) is 0 Å². The van der Waals surface area contributed by atoms with Gasteiger partial charge in [-0.05, 0) is 38.0 Å². The van der Waals surface area contributed by atoms with Crippen LogP contribution in [0.1, 0.15) is 29.3 Å². The zero-order chi connectivity index (χ0) is 14.5. The Kier molecular flexibility index (Phi) is 5.30. The molecular formula is C14H19NO3S. The summed E-state index contributed by atoms with van der Waals surface area (Å²) in [4.78, 5) is 12.1. The highest BCUT2D eigenvalue weighted by atomic mass is 32.2. The molecule has 0 radical (unpaired) electrons. The summed E-state index contributed by atoms with van der Waals surface area (Å²) in [6, 6.07) is 4.59. The van der Waals surface area contributed by atoms with Gasteiger partial charge >= 0.3 is 0 Å². The van der Waals surface area contributed by atoms with Crippen molar-refractivity contribution in [3.63, 3.8) is 0 Å². The molecule has 1 aromatic carbocycles. The zero-order valence-electron chi connectivity index (χ0n) is 11.4. The van der Waals surface area contributed by atoms with Crippen LogP contribution in [0.5, 0.6) is 0 Å². The first kappa shape index (κ1) is 15.4. The minimum atomic E-state index is -3.30. The monoisotopic (exact) mass is 281 g/mol. The van der Waals surface area contributed by atoms with Gasteiger partial charge in [0.2, 0.25) is 0 Å². The molecule has 0 aliphatic heterocycles. The molecule has 0 bridgehead atoms. The van der Waals surface area contributed by atoms with E-state index in [9.17, 15) is 13.2 Å². The van der Waals surface area contributed by atoms with E-state index in [4.69, 9.17) is 0 Å². The number of nitrogens with one attached hydrogen (secondary N) is 1. The molecule has 0 spiro atoms. The van der Waals surface area contributed by atoms with Crippen molar-refractivity contribution in [3.05, 3.63) is 41.5 Å². The Labute approximate surface area is 114 Å². The van der Waals surface area contributed by atoms with Crippen LogP contribution >= 0.6 is 0 Å². The third-order valence-corrected chi connectivity index (χ3v) is 3.82. The van der Waals surface area contributed by atoms with E-state index in [-0.39, 0.29) is 10.8 Å². The van der Waals surface area contributed by atoms with Crippen LogP contribution in [0, 0.1) is 6.92 Å². The van der Waals surface area contributed by atoms with E-state index in [0.29, 0.717) is 12.1 Å². The van der Waals surface area contributed by atoms with Crippen molar-refractivity contribution in [2.45, 2.75) is 25.2 Å². The molecule has 0 heterocycles. The van der Waals surface area contributed by atoms with Gasteiger partial charge in [0.15, 0.2) is 9.84 Å². The molecule has 0 atom stereocenters. The standard InChI is InChI=1S/C14H19NO3S/c1-4-5-6-9-15-14(16)13-10-12(19(3,17)18)8-7-11(13)2/h4-5,7-8,10H,6,9H2,1-3H3,(H,15,16)/b5-4+. The Bertz CT molecular complexity index is 589. The maximum Gasteiger partial charge on any atom is 0.251 e. The van der Waals surface area contributed by atoms with Gasteiger partial charge in [0.1, 0.15) is 0 Å². The van der Waals surface area contributed by atoms with Crippen molar-refractivity contribution in [3.8, 4) is 0 Å². The van der Waals surface area contributed by atoms with Crippen molar-refractivity contribution in [1.29, 1.82) is 0 Å². The smallest absolute Gasteiger partial charge is 0.251 e. The van der Waals surface area contributed by atoms with E-state index < -0.39 is 9.84 Å². The molecule has 0 saturated heterocycles. The second-order valence-corrected chi connectivity index (χ2v) is 6.38. The summed E-state index contributed by atoms with van der Waals surface area (Å²) >= 11 is 0. The summed E-state index contributed by atoms with van der Waals surface area (Å²) < 4.78 is 23.0. The molecule has 4 nitrogen and oxygen atoms in total. The maximum atomic E-state index is 12.0. The van der Waals surface area contributed by atoms with Crippen LogP contribution in [0.4, 0.5) is 0 Å². The lowest BCUT2D eigenvalue weighted by Gasteiger charge is -2.08. The quantitative estimate of drug-likeness (QED) is 0.664. The highest BCUT2D eigenvalue weighted by Gasteiger charge is 2.13. The number of rotatable bonds is 5. The first-order valence-electron chi connectivity index (χ1n) is 6.06. The van der Waals surface area contributed by atoms with Gasteiger partial charge in [0.25, 0.3) is 5.91 Å². The number of amides is 1. The van der Waals surface area contributed by atoms with Gasteiger partial charge in [-0.15, -0.1) is 0 Å². The lowest BCUT2D eigenvalue weighted by atomic mass is 10.1. The Morgan fingerprint density at radius 2 is 2.05 bits per heavy atom. The van der Waals surface area contributed by atoms with Crippen molar-refractivity contribution in [1.82, 2.24) is 5.32 Å². The molecule has 5 heteroatoms. The van der Waals surface area contributed by atoms with Gasteiger partial charge in [0.05, 0.1) is 4.90 Å². The van der Waals surface area contributed by atoms with Gasteiger partial charge < -0.3 is 5.32 Å². The highest BCUT2D eigenvalue weighted by Crippen LogP contribution is 2.15. The summed E-state index contributed by atoms with van der Waals surface area (Å²) in [5, 5.41) is 2.77. The molecule has 0 saturated carbocycles. The molecule has 1 amide bonds. The molecule has 0 aliphatic rings. The normalized spacial score (nSPS) is 11.7. The number of sulfone groups is 1. The Balaban J connectivity index is 2.90. The molecule has 1 rings (SSSR count). The van der Waals surface area contributed by atoms with Crippen LogP contribution in [0.25, 0.3) is 0 Å². The number of hydrogen-bond donors (Lipinski definition) is 1. The molecule has 0 aromatic heterocycles. The topological polar surface area (TPSA) is 63.2 Å². The van der Waals surface area contributed by atoms with Crippen LogP contribution < -0.4 is 5.32 Å². The first-order valence-corrected chi connectivity index (χ1v) is 7.95. The number of aryl methyl sites for hydroxylation is 1. The molecule has 19 heavy (non-hydrogen) atoms. The Morgan fingerprint density at radius 1 is 1.37 bits per heavy atom. The maximum absolute atomic E-state index is 12.0. The average molecular weight is 281 g/mol. The molecule has 0 unspecified atom stereocenters. The number of allylic oxidation sites excluding steroid dienone is 1. The molecule has 104 valence electrons. The minimum absolute atomic E-state index is 0.164. The largest absolute Gasteiger partial charge is 0.352 e. The summed E-state index contributed by atoms with van der Waals surface area (Å²) in [6.45, 7) is 4.24. The molecular weight excluding hydrogens is 262 g/mol. The number of benzene rings is 1. The number of carbonyl (C=O) groups excluding carboxylic acids is 1. The molecule has 1 N–H and O–H groups in total. The van der Waals surface area contributed by atoms with Gasteiger partial charge in [-0.2, -0.15) is 0 Å². The van der Waals surface area contributed by atoms with E-state index >= 15 is 0 Å². The van der Waals surface area contributed by atoms with Gasteiger partial charge in [-0.3, -0.25) is 4.79 Å². The van der Waals surface area contributed by atoms with Crippen LogP contribution in [0.2, 0.25) is 0 Å². The third kappa shape index (κ3) is 4.52. The van der Waals surface area contributed by atoms with E-state index in [1.165, 1.54) is 12.1 Å². The van der Waals surface area contributed by atoms with E-state index in [0.717, 1.165) is 18.2 Å². The zero-order valence-corrected chi connectivity index (χ0v) is 12.3. The number of hydrogen-bond acceptors (Lipinski definition) is 3. The predicted molar refractivity (Wildman–Crippen MR) is 76.1 cm³/mol. The lowest BCUT2D eigenvalue weighted by Crippen LogP contribution is -2.25. The fourth-order valence-corrected chi connectivity index (χ4v) is 2.25. The first-order chi connectivity index (χ1) is 8.86. The van der Waals surface area contributed by atoms with Gasteiger partial charge in [-0.25, -0.2) is 8.42 Å². The van der Waals surface area contributed by atoms with Crippen molar-refractivity contribution in [2.75, 3.05) is 12.8 Å². The second kappa shape index (κ2) is 6.52. The fraction of sp³-hybridized carbons (Fsp3) is 0.357. The van der Waals surface area contributed by atoms with Gasteiger partial charge in [-0.1, -0.05) is 18.2 Å². The summed E-state index contributed by atoms with van der Waals surface area (Å²) in [7, 11) is -3.30. The molecule has 0 aliphatic carbocycles. The van der Waals surface area contributed by atoms with Crippen LogP contribution in [0.15, 0.2) is 35.2 Å². The molecule has 0 fully saturated rings. The second-order valence-electron chi connectivity index (χ2n) is 4.36. The number of carbonyl (C=O) groups is 1. The van der Waals surface area contributed by atoms with Crippen molar-refractivity contribution >= 4 is 15.7 Å². The van der Waals surface area contributed by atoms with E-state index in [1.807, 2.05) is 19.1 Å². The summed E-state index contributed by atoms with van der Waals surface area (Å²) in [5.74, 6) is -0.243. The van der Waals surface area contributed by atoms with Gasteiger partial charge in [0, 0.05) is 18.4 Å². The highest BCUT2D eigenvalue weighted by molar-refractivity contribution is 7.90. The van der Waals surface area contributed by atoms with E-state index in [1.54, 1.807) is 13.0 Å². The van der Waals surface area contributed by atoms with Crippen molar-refractivity contribution < 1.29 is 13.2 Å². The Morgan fingerprint density at radius 3 is 2.63 bits per heavy atom. The predicted octanol–water partition coefficient (Wildman–Crippen LogP) is 2.09. The Hall–Kier alpha value is -1.62.